The Labute approximate surface area is 220 Å². The van der Waals surface area contributed by atoms with E-state index < -0.39 is 34.0 Å². The third-order valence-electron chi connectivity index (χ3n) is 5.62. The number of nitrogens with one attached hydrogen (secondary N) is 3. The number of anilines is 1. The monoisotopic (exact) mass is 538 g/mol. The molecule has 10 nitrogen and oxygen atoms in total. The van der Waals surface area contributed by atoms with Gasteiger partial charge in [0.05, 0.1) is 16.2 Å². The number of nitro benzene ring substituents is 1. The lowest BCUT2D eigenvalue weighted by Crippen LogP contribution is -2.41. The number of nitro groups is 1. The lowest BCUT2D eigenvalue weighted by atomic mass is 10.0. The Morgan fingerprint density at radius 1 is 1.03 bits per heavy atom. The summed E-state index contributed by atoms with van der Waals surface area (Å²) in [6.07, 6.45) is 1.32. The summed E-state index contributed by atoms with van der Waals surface area (Å²) in [5.74, 6) is -2.74. The topological polar surface area (TPSA) is 147 Å². The average Bonchev–Trinajstić information content (AvgIpc) is 3.39. The fraction of sp³-hybridized carbons (Fsp3) is 0.0769. The Morgan fingerprint density at radius 2 is 1.74 bits per heavy atom. The molecule has 0 aliphatic heterocycles. The number of phenols is 1. The van der Waals surface area contributed by atoms with E-state index in [0.717, 1.165) is 23.4 Å². The fourth-order valence-corrected chi connectivity index (χ4v) is 3.82. The van der Waals surface area contributed by atoms with E-state index in [0.29, 0.717) is 11.1 Å². The van der Waals surface area contributed by atoms with Gasteiger partial charge in [-0.3, -0.25) is 30.6 Å². The van der Waals surface area contributed by atoms with Crippen LogP contribution in [0.5, 0.6) is 5.75 Å². The Hall–Kier alpha value is -4.90. The predicted octanol–water partition coefficient (Wildman–Crippen LogP) is 5.60. The highest BCUT2D eigenvalue weighted by Crippen LogP contribution is 2.29. The molecule has 1 aromatic heterocycles. The molecule has 0 aliphatic rings. The molecule has 38 heavy (non-hydrogen) atoms. The normalized spacial score (nSPS) is 11.4. The van der Waals surface area contributed by atoms with E-state index >= 15 is 0 Å². The number of hydrazine groups is 1. The minimum absolute atomic E-state index is 0.0397. The van der Waals surface area contributed by atoms with Crippen LogP contribution in [0.4, 0.5) is 15.8 Å². The number of hydrogen-bond acceptors (Lipinski definition) is 7. The molecule has 3 aromatic carbocycles. The van der Waals surface area contributed by atoms with Gasteiger partial charge >= 0.3 is 11.6 Å². The number of furan rings is 1. The van der Waals surface area contributed by atoms with E-state index in [1.54, 1.807) is 42.5 Å². The second kappa shape index (κ2) is 11.0. The number of nitrogens with zero attached hydrogens (tertiary/aromatic N) is 1. The maximum absolute atomic E-state index is 13.4. The number of phenolic OH excluding ortho intramolecular Hbond substituents is 1. The molecular formula is C26H20ClFN4O6. The van der Waals surface area contributed by atoms with E-state index in [9.17, 15) is 29.2 Å². The summed E-state index contributed by atoms with van der Waals surface area (Å²) < 4.78 is 18.8. The molecule has 0 spiro atoms. The van der Waals surface area contributed by atoms with Crippen molar-refractivity contribution in [3.05, 3.63) is 111 Å². The molecule has 1 heterocycles. The zero-order chi connectivity index (χ0) is 27.4. The SMILES string of the molecule is CC(Nc1ccc(-c2ccoc2C(=O)NNC(=O)c2ccc(O)c([N+](=O)[O-])c2)cc1)c1ccc(F)c(Cl)c1. The third-order valence-corrected chi connectivity index (χ3v) is 5.91. The van der Waals surface area contributed by atoms with Crippen LogP contribution >= 0.6 is 11.6 Å². The summed E-state index contributed by atoms with van der Waals surface area (Å²) >= 11 is 5.87. The largest absolute Gasteiger partial charge is 0.502 e. The van der Waals surface area contributed by atoms with Crippen LogP contribution in [0.15, 0.2) is 77.4 Å². The van der Waals surface area contributed by atoms with Crippen molar-refractivity contribution in [2.45, 2.75) is 13.0 Å². The quantitative estimate of drug-likeness (QED) is 0.177. The molecule has 4 aromatic rings. The first kappa shape index (κ1) is 26.2. The van der Waals surface area contributed by atoms with Crippen molar-refractivity contribution < 1.29 is 28.4 Å². The first-order valence-electron chi connectivity index (χ1n) is 11.1. The van der Waals surface area contributed by atoms with Gasteiger partial charge in [0.25, 0.3) is 5.91 Å². The molecule has 12 heteroatoms. The van der Waals surface area contributed by atoms with Crippen LogP contribution < -0.4 is 16.2 Å². The second-order valence-corrected chi connectivity index (χ2v) is 8.56. The number of halogens is 2. The zero-order valence-electron chi connectivity index (χ0n) is 19.7. The van der Waals surface area contributed by atoms with Gasteiger partial charge in [-0.15, -0.1) is 0 Å². The molecule has 1 unspecified atom stereocenters. The summed E-state index contributed by atoms with van der Waals surface area (Å²) in [6, 6.07) is 16.1. The number of carbonyl (C=O) groups is 2. The highest BCUT2D eigenvalue weighted by atomic mass is 35.5. The molecule has 2 amide bonds. The summed E-state index contributed by atoms with van der Waals surface area (Å²) in [7, 11) is 0. The summed E-state index contributed by atoms with van der Waals surface area (Å²) in [5.41, 5.74) is 6.27. The number of benzene rings is 3. The van der Waals surface area contributed by atoms with E-state index in [1.165, 1.54) is 18.4 Å². The highest BCUT2D eigenvalue weighted by Gasteiger charge is 2.20. The minimum atomic E-state index is -0.834. The van der Waals surface area contributed by atoms with Gasteiger partial charge in [-0.05, 0) is 60.5 Å². The Bertz CT molecular complexity index is 1520. The van der Waals surface area contributed by atoms with Crippen molar-refractivity contribution >= 4 is 34.8 Å². The van der Waals surface area contributed by atoms with Crippen LogP contribution in [0, 0.1) is 15.9 Å². The summed E-state index contributed by atoms with van der Waals surface area (Å²) in [4.78, 5) is 35.1. The molecule has 0 bridgehead atoms. The smallest absolute Gasteiger partial charge is 0.311 e. The maximum atomic E-state index is 13.4. The van der Waals surface area contributed by atoms with Crippen molar-refractivity contribution in [2.75, 3.05) is 5.32 Å². The lowest BCUT2D eigenvalue weighted by Gasteiger charge is -2.16. The van der Waals surface area contributed by atoms with Gasteiger partial charge in [-0.1, -0.05) is 29.8 Å². The lowest BCUT2D eigenvalue weighted by molar-refractivity contribution is -0.385. The first-order valence-corrected chi connectivity index (χ1v) is 11.5. The van der Waals surface area contributed by atoms with Crippen LogP contribution in [0.1, 0.15) is 39.4 Å². The van der Waals surface area contributed by atoms with Crippen LogP contribution in [0.2, 0.25) is 5.02 Å². The Kier molecular flexibility index (Phi) is 7.58. The predicted molar refractivity (Wildman–Crippen MR) is 137 cm³/mol. The Morgan fingerprint density at radius 3 is 2.42 bits per heavy atom. The van der Waals surface area contributed by atoms with E-state index in [1.807, 2.05) is 6.92 Å². The number of rotatable bonds is 7. The van der Waals surface area contributed by atoms with Crippen LogP contribution in [0.3, 0.4) is 0 Å². The minimum Gasteiger partial charge on any atom is -0.502 e. The molecule has 1 atom stereocenters. The van der Waals surface area contributed by atoms with Crippen LogP contribution in [0.25, 0.3) is 11.1 Å². The zero-order valence-corrected chi connectivity index (χ0v) is 20.5. The summed E-state index contributed by atoms with van der Waals surface area (Å²) in [5, 5.41) is 23.8. The molecule has 0 aliphatic carbocycles. The highest BCUT2D eigenvalue weighted by molar-refractivity contribution is 6.30. The number of hydrogen-bond donors (Lipinski definition) is 4. The van der Waals surface area contributed by atoms with Gasteiger partial charge in [-0.25, -0.2) is 4.39 Å². The molecule has 4 N–H and O–H groups in total. The average molecular weight is 539 g/mol. The fourth-order valence-electron chi connectivity index (χ4n) is 3.63. The number of aromatic hydroxyl groups is 1. The van der Waals surface area contributed by atoms with Gasteiger partial charge in [0.1, 0.15) is 5.82 Å². The molecule has 0 saturated heterocycles. The van der Waals surface area contributed by atoms with Crippen molar-refractivity contribution in [1.29, 1.82) is 0 Å². The van der Waals surface area contributed by atoms with Crippen molar-refractivity contribution in [3.63, 3.8) is 0 Å². The van der Waals surface area contributed by atoms with Crippen molar-refractivity contribution in [3.8, 4) is 16.9 Å². The van der Waals surface area contributed by atoms with E-state index in [-0.39, 0.29) is 22.4 Å². The van der Waals surface area contributed by atoms with Gasteiger partial charge in [0, 0.05) is 28.9 Å². The summed E-state index contributed by atoms with van der Waals surface area (Å²) in [6.45, 7) is 1.90. The molecule has 0 radical (unpaired) electrons. The Balaban J connectivity index is 1.41. The van der Waals surface area contributed by atoms with Gasteiger partial charge in [0.2, 0.25) is 5.76 Å². The van der Waals surface area contributed by atoms with Crippen LogP contribution in [-0.4, -0.2) is 21.8 Å². The molecule has 4 rings (SSSR count). The van der Waals surface area contributed by atoms with Gasteiger partial charge < -0.3 is 14.8 Å². The van der Waals surface area contributed by atoms with Gasteiger partial charge in [-0.2, -0.15) is 0 Å². The van der Waals surface area contributed by atoms with Crippen LogP contribution in [-0.2, 0) is 0 Å². The first-order chi connectivity index (χ1) is 18.1. The van der Waals surface area contributed by atoms with E-state index in [2.05, 4.69) is 16.2 Å². The second-order valence-electron chi connectivity index (χ2n) is 8.15. The molecule has 0 saturated carbocycles. The van der Waals surface area contributed by atoms with E-state index in [4.69, 9.17) is 16.0 Å². The maximum Gasteiger partial charge on any atom is 0.311 e. The molecule has 194 valence electrons. The van der Waals surface area contributed by atoms with Crippen molar-refractivity contribution in [1.82, 2.24) is 10.9 Å². The standard InChI is InChI=1S/C26H20ClFN4O6/c1-14(16-4-8-21(28)20(27)12-16)29-18-6-2-15(3-7-18)19-10-11-38-24(19)26(35)31-30-25(34)17-5-9-23(33)22(13-17)32(36)37/h2-14,29,33H,1H3,(H,30,34)(H,31,35). The molecular weight excluding hydrogens is 519 g/mol. The van der Waals surface area contributed by atoms with Crippen molar-refractivity contribution in [2.24, 2.45) is 0 Å². The van der Waals surface area contributed by atoms with Gasteiger partial charge in [0.15, 0.2) is 5.75 Å². The number of amides is 2. The molecule has 0 fully saturated rings. The number of carbonyl (C=O) groups excluding carboxylic acids is 2. The third kappa shape index (κ3) is 5.73.